The fraction of sp³-hybridized carbons (Fsp3) is 0.462. The maximum Gasteiger partial charge on any atom is 0.223 e. The summed E-state index contributed by atoms with van der Waals surface area (Å²) >= 11 is 0. The Morgan fingerprint density at radius 3 is 3.06 bits per heavy atom. The van der Waals surface area contributed by atoms with Crippen LogP contribution >= 0.6 is 0 Å². The zero-order chi connectivity index (χ0) is 11.2. The Labute approximate surface area is 94.8 Å². The van der Waals surface area contributed by atoms with Gasteiger partial charge in [0.25, 0.3) is 0 Å². The van der Waals surface area contributed by atoms with E-state index in [1.807, 2.05) is 12.1 Å². The number of hydrogen-bond donors (Lipinski definition) is 1. The summed E-state index contributed by atoms with van der Waals surface area (Å²) in [5, 5.41) is 2.86. The number of ether oxygens (including phenoxy) is 1. The van der Waals surface area contributed by atoms with E-state index in [-0.39, 0.29) is 17.6 Å². The van der Waals surface area contributed by atoms with Crippen LogP contribution in [0.2, 0.25) is 0 Å². The molecule has 1 spiro atoms. The molecule has 1 N–H and O–H groups in total. The van der Waals surface area contributed by atoms with E-state index >= 15 is 0 Å². The monoisotopic (exact) mass is 217 g/mol. The molecule has 0 saturated carbocycles. The number of nitrogens with one attached hydrogen (secondary N) is 1. The molecule has 3 heteroatoms. The summed E-state index contributed by atoms with van der Waals surface area (Å²) in [6.45, 7) is 2.76. The van der Waals surface area contributed by atoms with E-state index in [4.69, 9.17) is 4.74 Å². The van der Waals surface area contributed by atoms with Gasteiger partial charge < -0.3 is 10.1 Å². The first-order valence-corrected chi connectivity index (χ1v) is 5.75. The summed E-state index contributed by atoms with van der Waals surface area (Å²) in [7, 11) is 0. The molecule has 1 aromatic carbocycles. The number of fused-ring (bicyclic) bond motifs is 2. The Kier molecular flexibility index (Phi) is 2.04. The van der Waals surface area contributed by atoms with Crippen LogP contribution in [0, 0.1) is 0 Å². The fourth-order valence-corrected chi connectivity index (χ4v) is 2.88. The molecule has 2 unspecified atom stereocenters. The number of carbonyl (C=O) groups excluding carboxylic acids is 1. The summed E-state index contributed by atoms with van der Waals surface area (Å²) < 4.78 is 6.07. The number of benzene rings is 1. The molecule has 1 aromatic rings. The lowest BCUT2D eigenvalue weighted by molar-refractivity contribution is -0.139. The van der Waals surface area contributed by atoms with Gasteiger partial charge in [0.1, 0.15) is 5.60 Å². The van der Waals surface area contributed by atoms with E-state index in [1.165, 1.54) is 11.1 Å². The molecule has 1 fully saturated rings. The second-order valence-electron chi connectivity index (χ2n) is 4.62. The Bertz CT molecular complexity index is 443. The predicted molar refractivity (Wildman–Crippen MR) is 59.9 cm³/mol. The van der Waals surface area contributed by atoms with Crippen LogP contribution in [0.5, 0.6) is 0 Å². The van der Waals surface area contributed by atoms with Crippen molar-refractivity contribution in [3.63, 3.8) is 0 Å². The van der Waals surface area contributed by atoms with Gasteiger partial charge in [0.05, 0.1) is 12.5 Å². The molecular formula is C13H15NO2. The molecule has 0 aromatic heterocycles. The first kappa shape index (κ1) is 9.85. The summed E-state index contributed by atoms with van der Waals surface area (Å²) in [6, 6.07) is 8.24. The summed E-state index contributed by atoms with van der Waals surface area (Å²) in [5.41, 5.74) is 2.08. The molecule has 16 heavy (non-hydrogen) atoms. The van der Waals surface area contributed by atoms with Gasteiger partial charge in [-0.1, -0.05) is 24.3 Å². The van der Waals surface area contributed by atoms with Crippen LogP contribution in [-0.4, -0.2) is 12.5 Å². The van der Waals surface area contributed by atoms with Crippen molar-refractivity contribution < 1.29 is 9.53 Å². The smallest absolute Gasteiger partial charge is 0.223 e. The van der Waals surface area contributed by atoms with Crippen LogP contribution in [0.1, 0.15) is 37.0 Å². The lowest BCUT2D eigenvalue weighted by Gasteiger charge is -2.33. The van der Waals surface area contributed by atoms with E-state index in [9.17, 15) is 4.79 Å². The molecular weight excluding hydrogens is 202 g/mol. The van der Waals surface area contributed by atoms with E-state index in [0.29, 0.717) is 13.0 Å². The average Bonchev–Trinajstić information content (AvgIpc) is 2.53. The Morgan fingerprint density at radius 2 is 2.25 bits per heavy atom. The van der Waals surface area contributed by atoms with Crippen LogP contribution in [0.3, 0.4) is 0 Å². The minimum Gasteiger partial charge on any atom is -0.362 e. The first-order chi connectivity index (χ1) is 7.71. The third-order valence-corrected chi connectivity index (χ3v) is 3.59. The van der Waals surface area contributed by atoms with Crippen LogP contribution in [-0.2, 0) is 15.1 Å². The van der Waals surface area contributed by atoms with Crippen molar-refractivity contribution in [2.45, 2.75) is 31.5 Å². The number of piperidine rings is 1. The molecule has 1 saturated heterocycles. The van der Waals surface area contributed by atoms with Crippen molar-refractivity contribution in [3.8, 4) is 0 Å². The molecule has 2 heterocycles. The molecule has 84 valence electrons. The highest BCUT2D eigenvalue weighted by Gasteiger charge is 2.46. The van der Waals surface area contributed by atoms with Crippen molar-refractivity contribution >= 4 is 5.91 Å². The molecule has 2 atom stereocenters. The van der Waals surface area contributed by atoms with Crippen LogP contribution < -0.4 is 5.32 Å². The standard InChI is InChI=1S/C13H15NO2/c1-9-10-4-2-3-5-11(10)13(16-9)6-7-14-12(15)8-13/h2-5,9H,6-8H2,1H3,(H,14,15). The summed E-state index contributed by atoms with van der Waals surface area (Å²) in [4.78, 5) is 11.5. The molecule has 0 aliphatic carbocycles. The second-order valence-corrected chi connectivity index (χ2v) is 4.62. The van der Waals surface area contributed by atoms with E-state index in [0.717, 1.165) is 6.42 Å². The Balaban J connectivity index is 2.07. The maximum absolute atomic E-state index is 11.5. The van der Waals surface area contributed by atoms with Gasteiger partial charge in [-0.05, 0) is 24.5 Å². The Hall–Kier alpha value is -1.35. The second kappa shape index (κ2) is 3.32. The predicted octanol–water partition coefficient (Wildman–Crippen LogP) is 1.88. The topological polar surface area (TPSA) is 38.3 Å². The van der Waals surface area contributed by atoms with Crippen molar-refractivity contribution in [3.05, 3.63) is 35.4 Å². The Morgan fingerprint density at radius 1 is 1.44 bits per heavy atom. The SMILES string of the molecule is CC1OC2(CCNC(=O)C2)c2ccccc21. The van der Waals surface area contributed by atoms with Crippen molar-refractivity contribution in [2.24, 2.45) is 0 Å². The minimum atomic E-state index is -0.363. The summed E-state index contributed by atoms with van der Waals surface area (Å²) in [5.74, 6) is 0.0927. The number of rotatable bonds is 0. The van der Waals surface area contributed by atoms with E-state index in [1.54, 1.807) is 0 Å². The van der Waals surface area contributed by atoms with Gasteiger partial charge in [-0.2, -0.15) is 0 Å². The van der Waals surface area contributed by atoms with Crippen LogP contribution in [0.4, 0.5) is 0 Å². The number of hydrogen-bond acceptors (Lipinski definition) is 2. The van der Waals surface area contributed by atoms with E-state index in [2.05, 4.69) is 24.4 Å². The lowest BCUT2D eigenvalue weighted by atomic mass is 9.84. The van der Waals surface area contributed by atoms with Gasteiger partial charge in [0.15, 0.2) is 0 Å². The molecule has 0 radical (unpaired) electrons. The molecule has 1 amide bonds. The molecule has 3 rings (SSSR count). The third kappa shape index (κ3) is 1.28. The molecule has 3 nitrogen and oxygen atoms in total. The highest BCUT2D eigenvalue weighted by molar-refractivity contribution is 5.78. The molecule has 2 aliphatic rings. The van der Waals surface area contributed by atoms with Gasteiger partial charge in [-0.25, -0.2) is 0 Å². The number of amides is 1. The normalized spacial score (nSPS) is 32.6. The largest absolute Gasteiger partial charge is 0.362 e. The van der Waals surface area contributed by atoms with Crippen molar-refractivity contribution in [1.29, 1.82) is 0 Å². The zero-order valence-corrected chi connectivity index (χ0v) is 9.32. The highest BCUT2D eigenvalue weighted by Crippen LogP contribution is 2.48. The third-order valence-electron chi connectivity index (χ3n) is 3.59. The van der Waals surface area contributed by atoms with Crippen molar-refractivity contribution in [1.82, 2.24) is 5.32 Å². The van der Waals surface area contributed by atoms with Gasteiger partial charge >= 0.3 is 0 Å². The quantitative estimate of drug-likeness (QED) is 0.720. The van der Waals surface area contributed by atoms with Crippen LogP contribution in [0.25, 0.3) is 0 Å². The van der Waals surface area contributed by atoms with Gasteiger partial charge in [-0.15, -0.1) is 0 Å². The van der Waals surface area contributed by atoms with Crippen molar-refractivity contribution in [2.75, 3.05) is 6.54 Å². The minimum absolute atomic E-state index is 0.0927. The maximum atomic E-state index is 11.5. The molecule has 0 bridgehead atoms. The van der Waals surface area contributed by atoms with E-state index < -0.39 is 0 Å². The average molecular weight is 217 g/mol. The highest BCUT2D eigenvalue weighted by atomic mass is 16.5. The van der Waals surface area contributed by atoms with Crippen LogP contribution in [0.15, 0.2) is 24.3 Å². The zero-order valence-electron chi connectivity index (χ0n) is 9.32. The fourth-order valence-electron chi connectivity index (χ4n) is 2.88. The molecule has 2 aliphatic heterocycles. The van der Waals surface area contributed by atoms with Gasteiger partial charge in [-0.3, -0.25) is 4.79 Å². The first-order valence-electron chi connectivity index (χ1n) is 5.75. The number of carbonyl (C=O) groups is 1. The summed E-state index contributed by atoms with van der Waals surface area (Å²) in [6.07, 6.45) is 1.43. The van der Waals surface area contributed by atoms with Gasteiger partial charge in [0.2, 0.25) is 5.91 Å². The lowest BCUT2D eigenvalue weighted by Crippen LogP contribution is -2.43. The van der Waals surface area contributed by atoms with Gasteiger partial charge in [0, 0.05) is 6.54 Å².